The second-order valence-corrected chi connectivity index (χ2v) is 4.82. The van der Waals surface area contributed by atoms with Gasteiger partial charge in [-0.25, -0.2) is 0 Å². The van der Waals surface area contributed by atoms with Crippen LogP contribution in [0.15, 0.2) is 41.8 Å². The number of amides is 1. The normalized spacial score (nSPS) is 10.2. The summed E-state index contributed by atoms with van der Waals surface area (Å²) in [6.45, 7) is 2.68. The maximum atomic E-state index is 11.8. The zero-order chi connectivity index (χ0) is 12.1. The van der Waals surface area contributed by atoms with E-state index in [1.807, 2.05) is 41.8 Å². The van der Waals surface area contributed by atoms with E-state index >= 15 is 0 Å². The molecule has 0 atom stereocenters. The second kappa shape index (κ2) is 5.64. The van der Waals surface area contributed by atoms with E-state index in [0.29, 0.717) is 6.54 Å². The Balaban J connectivity index is 0.00000162. The first-order chi connectivity index (χ1) is 8.29. The fraction of sp³-hybridized carbons (Fsp3) is 0.214. The van der Waals surface area contributed by atoms with Crippen LogP contribution in [0.3, 0.4) is 0 Å². The van der Waals surface area contributed by atoms with Crippen LogP contribution in [0.5, 0.6) is 0 Å². The standard InChI is InChI=1S/C14H15NOS.H2/c1-2-13-8-12(10-17-13)14(16)15-9-11-6-4-3-5-7-11;/h3-8,10H,2,9H2,1H3,(H,15,16);1H. The Morgan fingerprint density at radius 1 is 1.35 bits per heavy atom. The van der Waals surface area contributed by atoms with Crippen LogP contribution in [0.1, 0.15) is 29.1 Å². The molecule has 2 nitrogen and oxygen atoms in total. The molecule has 1 N–H and O–H groups in total. The third-order valence-electron chi connectivity index (χ3n) is 2.56. The van der Waals surface area contributed by atoms with Gasteiger partial charge in [-0.3, -0.25) is 4.79 Å². The van der Waals surface area contributed by atoms with E-state index in [4.69, 9.17) is 0 Å². The Bertz CT molecular complexity index is 496. The van der Waals surface area contributed by atoms with Crippen LogP contribution in [-0.2, 0) is 13.0 Å². The lowest BCUT2D eigenvalue weighted by Crippen LogP contribution is -2.22. The highest BCUT2D eigenvalue weighted by Crippen LogP contribution is 2.15. The largest absolute Gasteiger partial charge is 0.348 e. The van der Waals surface area contributed by atoms with E-state index in [1.165, 1.54) is 4.88 Å². The Hall–Kier alpha value is -1.61. The molecule has 0 aliphatic carbocycles. The number of benzene rings is 1. The second-order valence-electron chi connectivity index (χ2n) is 3.82. The molecule has 0 spiro atoms. The average Bonchev–Trinajstić information content (AvgIpc) is 2.86. The third kappa shape index (κ3) is 3.17. The van der Waals surface area contributed by atoms with E-state index in [-0.39, 0.29) is 7.33 Å². The maximum absolute atomic E-state index is 11.8. The van der Waals surface area contributed by atoms with Crippen LogP contribution >= 0.6 is 11.3 Å². The number of carbonyl (C=O) groups excluding carboxylic acids is 1. The lowest BCUT2D eigenvalue weighted by molar-refractivity contribution is 0.0951. The fourth-order valence-corrected chi connectivity index (χ4v) is 2.38. The summed E-state index contributed by atoms with van der Waals surface area (Å²) in [5.41, 5.74) is 1.88. The van der Waals surface area contributed by atoms with Gasteiger partial charge in [-0.1, -0.05) is 37.3 Å². The molecule has 0 radical (unpaired) electrons. The van der Waals surface area contributed by atoms with Gasteiger partial charge in [-0.15, -0.1) is 11.3 Å². The van der Waals surface area contributed by atoms with Crippen LogP contribution in [-0.4, -0.2) is 5.91 Å². The zero-order valence-corrected chi connectivity index (χ0v) is 10.6. The summed E-state index contributed by atoms with van der Waals surface area (Å²) >= 11 is 1.64. The van der Waals surface area contributed by atoms with Gasteiger partial charge in [-0.05, 0) is 18.1 Å². The summed E-state index contributed by atoms with van der Waals surface area (Å²) in [4.78, 5) is 13.1. The SMILES string of the molecule is CCc1cc(C(=O)NCc2ccccc2)cs1.[HH]. The van der Waals surface area contributed by atoms with Crippen molar-refractivity contribution >= 4 is 17.2 Å². The number of hydrogen-bond acceptors (Lipinski definition) is 2. The van der Waals surface area contributed by atoms with Crippen LogP contribution in [0, 0.1) is 0 Å². The van der Waals surface area contributed by atoms with Crippen molar-refractivity contribution in [1.29, 1.82) is 0 Å². The van der Waals surface area contributed by atoms with Gasteiger partial charge in [0.15, 0.2) is 0 Å². The topological polar surface area (TPSA) is 29.1 Å². The minimum absolute atomic E-state index is 0. The number of nitrogens with one attached hydrogen (secondary N) is 1. The average molecular weight is 247 g/mol. The lowest BCUT2D eigenvalue weighted by Gasteiger charge is -2.03. The molecule has 1 heterocycles. The summed E-state index contributed by atoms with van der Waals surface area (Å²) < 4.78 is 0. The van der Waals surface area contributed by atoms with Gasteiger partial charge in [0.25, 0.3) is 5.91 Å². The Kier molecular flexibility index (Phi) is 3.94. The number of rotatable bonds is 4. The predicted octanol–water partition coefficient (Wildman–Crippen LogP) is 3.49. The molecule has 2 aromatic rings. The first-order valence-corrected chi connectivity index (χ1v) is 6.57. The molecule has 0 aliphatic rings. The Labute approximate surface area is 107 Å². The highest BCUT2D eigenvalue weighted by molar-refractivity contribution is 7.10. The number of aryl methyl sites for hydroxylation is 1. The molecular formula is C14H17NOS. The third-order valence-corrected chi connectivity index (χ3v) is 3.64. The van der Waals surface area contributed by atoms with Crippen molar-refractivity contribution in [2.75, 3.05) is 0 Å². The van der Waals surface area contributed by atoms with E-state index in [2.05, 4.69) is 12.2 Å². The molecule has 1 aromatic heterocycles. The van der Waals surface area contributed by atoms with Gasteiger partial charge in [0.1, 0.15) is 0 Å². The fourth-order valence-electron chi connectivity index (χ4n) is 1.57. The molecule has 1 amide bonds. The quantitative estimate of drug-likeness (QED) is 0.880. The molecule has 3 heteroatoms. The first kappa shape index (κ1) is 11.9. The van der Waals surface area contributed by atoms with Gasteiger partial charge in [0.05, 0.1) is 5.56 Å². The zero-order valence-electron chi connectivity index (χ0n) is 9.77. The molecule has 0 fully saturated rings. The number of hydrogen-bond donors (Lipinski definition) is 1. The van der Waals surface area contributed by atoms with E-state index in [1.54, 1.807) is 11.3 Å². The minimum atomic E-state index is 0. The van der Waals surface area contributed by atoms with Gasteiger partial charge in [0, 0.05) is 18.2 Å². The molecule has 0 aliphatic heterocycles. The van der Waals surface area contributed by atoms with Crippen molar-refractivity contribution in [3.63, 3.8) is 0 Å². The molecule has 90 valence electrons. The predicted molar refractivity (Wildman–Crippen MR) is 73.4 cm³/mol. The Morgan fingerprint density at radius 3 is 2.76 bits per heavy atom. The summed E-state index contributed by atoms with van der Waals surface area (Å²) in [5.74, 6) is 0.00445. The summed E-state index contributed by atoms with van der Waals surface area (Å²) in [6.07, 6.45) is 0.983. The van der Waals surface area contributed by atoms with Crippen molar-refractivity contribution in [3.05, 3.63) is 57.8 Å². The van der Waals surface area contributed by atoms with Crippen LogP contribution in [0.25, 0.3) is 0 Å². The van der Waals surface area contributed by atoms with Crippen LogP contribution in [0.2, 0.25) is 0 Å². The van der Waals surface area contributed by atoms with Gasteiger partial charge >= 0.3 is 0 Å². The van der Waals surface area contributed by atoms with Crippen molar-refractivity contribution in [3.8, 4) is 0 Å². The molecular weight excluding hydrogens is 230 g/mol. The van der Waals surface area contributed by atoms with Gasteiger partial charge < -0.3 is 5.32 Å². The highest BCUT2D eigenvalue weighted by Gasteiger charge is 2.07. The van der Waals surface area contributed by atoms with E-state index in [0.717, 1.165) is 17.5 Å². The van der Waals surface area contributed by atoms with E-state index < -0.39 is 0 Å². The summed E-state index contributed by atoms with van der Waals surface area (Å²) in [7, 11) is 0. The van der Waals surface area contributed by atoms with Gasteiger partial charge in [0.2, 0.25) is 0 Å². The van der Waals surface area contributed by atoms with Crippen molar-refractivity contribution in [2.24, 2.45) is 0 Å². The Morgan fingerprint density at radius 2 is 2.12 bits per heavy atom. The van der Waals surface area contributed by atoms with Crippen molar-refractivity contribution in [2.45, 2.75) is 19.9 Å². The number of thiophene rings is 1. The van der Waals surface area contributed by atoms with Crippen LogP contribution < -0.4 is 5.32 Å². The molecule has 17 heavy (non-hydrogen) atoms. The summed E-state index contributed by atoms with van der Waals surface area (Å²) in [6, 6.07) is 11.9. The smallest absolute Gasteiger partial charge is 0.252 e. The van der Waals surface area contributed by atoms with Gasteiger partial charge in [-0.2, -0.15) is 0 Å². The number of carbonyl (C=O) groups is 1. The monoisotopic (exact) mass is 247 g/mol. The first-order valence-electron chi connectivity index (χ1n) is 5.69. The maximum Gasteiger partial charge on any atom is 0.252 e. The van der Waals surface area contributed by atoms with Crippen molar-refractivity contribution < 1.29 is 6.22 Å². The highest BCUT2D eigenvalue weighted by atomic mass is 32.1. The molecule has 0 saturated heterocycles. The lowest BCUT2D eigenvalue weighted by atomic mass is 10.2. The van der Waals surface area contributed by atoms with Crippen LogP contribution in [0.4, 0.5) is 0 Å². The molecule has 0 unspecified atom stereocenters. The minimum Gasteiger partial charge on any atom is -0.348 e. The molecule has 1 aromatic carbocycles. The van der Waals surface area contributed by atoms with E-state index in [9.17, 15) is 4.79 Å². The van der Waals surface area contributed by atoms with Crippen molar-refractivity contribution in [1.82, 2.24) is 5.32 Å². The molecule has 0 bridgehead atoms. The molecule has 2 rings (SSSR count). The molecule has 0 saturated carbocycles. The summed E-state index contributed by atoms with van der Waals surface area (Å²) in [5, 5.41) is 4.84.